The summed E-state index contributed by atoms with van der Waals surface area (Å²) in [5.41, 5.74) is 2.00. The predicted octanol–water partition coefficient (Wildman–Crippen LogP) is 3.07. The minimum Gasteiger partial charge on any atom is -0.357 e. The average Bonchev–Trinajstić information content (AvgIpc) is 2.90. The van der Waals surface area contributed by atoms with E-state index in [-0.39, 0.29) is 24.0 Å². The maximum Gasteiger partial charge on any atom is 0.191 e. The molecule has 0 saturated carbocycles. The van der Waals surface area contributed by atoms with E-state index in [0.717, 1.165) is 41.9 Å². The van der Waals surface area contributed by atoms with Crippen molar-refractivity contribution in [3.05, 3.63) is 45.7 Å². The molecule has 0 aromatic carbocycles. The largest absolute Gasteiger partial charge is 0.357 e. The quantitative estimate of drug-likeness (QED) is 0.408. The summed E-state index contributed by atoms with van der Waals surface area (Å²) in [6, 6.07) is 6.00. The molecule has 0 aliphatic heterocycles. The number of guanidine groups is 1. The Morgan fingerprint density at radius 2 is 2.09 bits per heavy atom. The second-order valence-corrected chi connectivity index (χ2v) is 6.33. The summed E-state index contributed by atoms with van der Waals surface area (Å²) >= 11 is 1.74. The fourth-order valence-electron chi connectivity index (χ4n) is 1.99. The lowest BCUT2D eigenvalue weighted by Gasteiger charge is -2.10. The van der Waals surface area contributed by atoms with Crippen molar-refractivity contribution in [3.63, 3.8) is 0 Å². The first-order chi connectivity index (χ1) is 10.7. The molecule has 7 heteroatoms. The summed E-state index contributed by atoms with van der Waals surface area (Å²) in [5, 5.41) is 7.75. The molecule has 2 N–H and O–H groups in total. The molecule has 0 radical (unpaired) electrons. The van der Waals surface area contributed by atoms with Gasteiger partial charge in [-0.1, -0.05) is 6.07 Å². The number of hydrogen-bond acceptors (Lipinski definition) is 4. The fourth-order valence-corrected chi connectivity index (χ4v) is 2.78. The third-order valence-electron chi connectivity index (χ3n) is 2.99. The van der Waals surface area contributed by atoms with Crippen LogP contribution < -0.4 is 10.6 Å². The second-order valence-electron chi connectivity index (χ2n) is 5.01. The zero-order chi connectivity index (χ0) is 15.8. The number of aliphatic imine (C=N–C) groups is 1. The smallest absolute Gasteiger partial charge is 0.191 e. The van der Waals surface area contributed by atoms with Crippen molar-refractivity contribution >= 4 is 41.3 Å². The first-order valence-corrected chi connectivity index (χ1v) is 8.35. The predicted molar refractivity (Wildman–Crippen MR) is 108 cm³/mol. The van der Waals surface area contributed by atoms with Gasteiger partial charge in [0, 0.05) is 36.3 Å². The molecule has 0 aliphatic rings. The molecule has 0 amide bonds. The van der Waals surface area contributed by atoms with E-state index in [1.165, 1.54) is 4.88 Å². The normalized spacial score (nSPS) is 11.0. The van der Waals surface area contributed by atoms with Crippen LogP contribution in [0, 0.1) is 13.8 Å². The molecular weight excluding hydrogens is 421 g/mol. The first-order valence-electron chi connectivity index (χ1n) is 7.53. The maximum absolute atomic E-state index is 4.58. The van der Waals surface area contributed by atoms with Crippen LogP contribution in [0.25, 0.3) is 0 Å². The molecular formula is C16H24IN5S. The van der Waals surface area contributed by atoms with Crippen molar-refractivity contribution in [2.24, 2.45) is 4.99 Å². The molecule has 23 heavy (non-hydrogen) atoms. The highest BCUT2D eigenvalue weighted by Gasteiger charge is 2.01. The summed E-state index contributed by atoms with van der Waals surface area (Å²) in [6.07, 6.45) is 2.83. The number of rotatable bonds is 6. The Hall–Kier alpha value is -1.22. The number of halogens is 1. The number of pyridine rings is 1. The first kappa shape index (κ1) is 19.8. The Morgan fingerprint density at radius 1 is 1.26 bits per heavy atom. The van der Waals surface area contributed by atoms with Crippen molar-refractivity contribution < 1.29 is 0 Å². The molecule has 0 saturated heterocycles. The third-order valence-corrected chi connectivity index (χ3v) is 3.96. The molecule has 2 heterocycles. The highest BCUT2D eigenvalue weighted by Crippen LogP contribution is 2.10. The van der Waals surface area contributed by atoms with Gasteiger partial charge in [-0.15, -0.1) is 35.3 Å². The SMILES string of the molecule is CCNC(=NCc1cccc(C)n1)NCCc1ncc(C)s1.I. The van der Waals surface area contributed by atoms with Gasteiger partial charge in [0.1, 0.15) is 0 Å². The summed E-state index contributed by atoms with van der Waals surface area (Å²) in [7, 11) is 0. The van der Waals surface area contributed by atoms with Crippen molar-refractivity contribution in [3.8, 4) is 0 Å². The number of nitrogens with zero attached hydrogens (tertiary/aromatic N) is 3. The number of aryl methyl sites for hydroxylation is 2. The fraction of sp³-hybridized carbons (Fsp3) is 0.438. The van der Waals surface area contributed by atoms with Crippen LogP contribution in [0.2, 0.25) is 0 Å². The van der Waals surface area contributed by atoms with Gasteiger partial charge in [-0.25, -0.2) is 9.98 Å². The lowest BCUT2D eigenvalue weighted by atomic mass is 10.3. The van der Waals surface area contributed by atoms with E-state index >= 15 is 0 Å². The second kappa shape index (κ2) is 10.5. The number of nitrogens with one attached hydrogen (secondary N) is 2. The van der Waals surface area contributed by atoms with Gasteiger partial charge < -0.3 is 10.6 Å². The molecule has 2 rings (SSSR count). The molecule has 2 aromatic rings. The summed E-state index contributed by atoms with van der Waals surface area (Å²) in [4.78, 5) is 14.7. The lowest BCUT2D eigenvalue weighted by Crippen LogP contribution is -2.38. The number of hydrogen-bond donors (Lipinski definition) is 2. The van der Waals surface area contributed by atoms with E-state index in [1.54, 1.807) is 11.3 Å². The summed E-state index contributed by atoms with van der Waals surface area (Å²) < 4.78 is 0. The number of aromatic nitrogens is 2. The van der Waals surface area contributed by atoms with Crippen molar-refractivity contribution in [1.29, 1.82) is 0 Å². The molecule has 0 bridgehead atoms. The van der Waals surface area contributed by atoms with Gasteiger partial charge in [-0.05, 0) is 32.9 Å². The molecule has 0 spiro atoms. The topological polar surface area (TPSA) is 62.2 Å². The molecule has 126 valence electrons. The zero-order valence-electron chi connectivity index (χ0n) is 13.8. The lowest BCUT2D eigenvalue weighted by molar-refractivity contribution is 0.793. The van der Waals surface area contributed by atoms with Gasteiger partial charge in [0.05, 0.1) is 17.2 Å². The van der Waals surface area contributed by atoms with E-state index in [2.05, 4.69) is 39.4 Å². The van der Waals surface area contributed by atoms with E-state index < -0.39 is 0 Å². The third kappa shape index (κ3) is 7.26. The molecule has 0 fully saturated rings. The summed E-state index contributed by atoms with van der Waals surface area (Å²) in [6.45, 7) is 8.37. The Bertz CT molecular complexity index is 626. The Balaban J connectivity index is 0.00000264. The van der Waals surface area contributed by atoms with Crippen LogP contribution in [0.15, 0.2) is 29.4 Å². The van der Waals surface area contributed by atoms with E-state index in [1.807, 2.05) is 31.3 Å². The van der Waals surface area contributed by atoms with Gasteiger partial charge in [0.25, 0.3) is 0 Å². The highest BCUT2D eigenvalue weighted by molar-refractivity contribution is 14.0. The van der Waals surface area contributed by atoms with Crippen molar-refractivity contribution in [2.75, 3.05) is 13.1 Å². The minimum absolute atomic E-state index is 0. The van der Waals surface area contributed by atoms with E-state index in [4.69, 9.17) is 0 Å². The molecule has 0 aliphatic carbocycles. The molecule has 5 nitrogen and oxygen atoms in total. The monoisotopic (exact) mass is 445 g/mol. The summed E-state index contributed by atoms with van der Waals surface area (Å²) in [5.74, 6) is 0.819. The van der Waals surface area contributed by atoms with Crippen LogP contribution in [0.5, 0.6) is 0 Å². The van der Waals surface area contributed by atoms with E-state index in [9.17, 15) is 0 Å². The van der Waals surface area contributed by atoms with Crippen molar-refractivity contribution in [1.82, 2.24) is 20.6 Å². The molecule has 0 unspecified atom stereocenters. The van der Waals surface area contributed by atoms with Gasteiger partial charge in [-0.2, -0.15) is 0 Å². The molecule has 2 aromatic heterocycles. The van der Waals surface area contributed by atoms with Crippen LogP contribution >= 0.6 is 35.3 Å². The van der Waals surface area contributed by atoms with Crippen LogP contribution in [0.1, 0.15) is 28.2 Å². The van der Waals surface area contributed by atoms with Gasteiger partial charge in [0.2, 0.25) is 0 Å². The minimum atomic E-state index is 0. The zero-order valence-corrected chi connectivity index (χ0v) is 16.9. The van der Waals surface area contributed by atoms with Gasteiger partial charge >= 0.3 is 0 Å². The van der Waals surface area contributed by atoms with Gasteiger partial charge in [0.15, 0.2) is 5.96 Å². The number of thiazole rings is 1. The van der Waals surface area contributed by atoms with Crippen LogP contribution in [0.3, 0.4) is 0 Å². The Labute approximate surface area is 159 Å². The highest BCUT2D eigenvalue weighted by atomic mass is 127. The standard InChI is InChI=1S/C16H23N5S.HI/c1-4-17-16(18-9-8-15-19-10-13(3)22-15)20-11-14-7-5-6-12(2)21-14;/h5-7,10H,4,8-9,11H2,1-3H3,(H2,17,18,20);1H. The van der Waals surface area contributed by atoms with Crippen LogP contribution in [-0.4, -0.2) is 29.0 Å². The maximum atomic E-state index is 4.58. The average molecular weight is 445 g/mol. The Kier molecular flexibility index (Phi) is 9.08. The van der Waals surface area contributed by atoms with Crippen LogP contribution in [-0.2, 0) is 13.0 Å². The van der Waals surface area contributed by atoms with Crippen molar-refractivity contribution in [2.45, 2.75) is 33.7 Å². The van der Waals surface area contributed by atoms with Crippen LogP contribution in [0.4, 0.5) is 0 Å². The van der Waals surface area contributed by atoms with E-state index in [0.29, 0.717) is 6.54 Å². The Morgan fingerprint density at radius 3 is 2.74 bits per heavy atom. The van der Waals surface area contributed by atoms with Gasteiger partial charge in [-0.3, -0.25) is 4.98 Å². The molecule has 0 atom stereocenters.